The van der Waals surface area contributed by atoms with Gasteiger partial charge >= 0.3 is 0 Å². The molecule has 1 heterocycles. The first-order valence-electron chi connectivity index (χ1n) is 6.10. The van der Waals surface area contributed by atoms with Crippen LogP contribution in [0.5, 0.6) is 0 Å². The molecule has 1 aromatic carbocycles. The van der Waals surface area contributed by atoms with Gasteiger partial charge in [-0.25, -0.2) is 12.7 Å². The lowest BCUT2D eigenvalue weighted by Crippen LogP contribution is -2.28. The summed E-state index contributed by atoms with van der Waals surface area (Å²) in [4.78, 5) is 0.203. The van der Waals surface area contributed by atoms with E-state index in [0.717, 1.165) is 12.8 Å². The molecule has 2 rings (SSSR count). The third kappa shape index (κ3) is 3.42. The summed E-state index contributed by atoms with van der Waals surface area (Å²) in [7, 11) is -1.82. The number of aromatic amines is 1. The summed E-state index contributed by atoms with van der Waals surface area (Å²) in [5.74, 6) is 0. The SMILES string of the molecule is CN(CCCc1ccccc1)S(=O)(=O)c1cn[nH]c1. The smallest absolute Gasteiger partial charge is 0.245 e. The molecule has 0 spiro atoms. The first-order valence-corrected chi connectivity index (χ1v) is 7.54. The number of aromatic nitrogens is 2. The van der Waals surface area contributed by atoms with E-state index in [0.29, 0.717) is 6.54 Å². The maximum atomic E-state index is 12.1. The molecule has 0 aliphatic heterocycles. The van der Waals surface area contributed by atoms with Gasteiger partial charge in [-0.1, -0.05) is 30.3 Å². The predicted octanol–water partition coefficient (Wildman–Crippen LogP) is 1.66. The molecule has 6 heteroatoms. The zero-order valence-electron chi connectivity index (χ0n) is 10.8. The number of rotatable bonds is 6. The summed E-state index contributed by atoms with van der Waals surface area (Å²) < 4.78 is 25.6. The Balaban J connectivity index is 1.90. The van der Waals surface area contributed by atoms with Crippen molar-refractivity contribution in [1.82, 2.24) is 14.5 Å². The Labute approximate surface area is 113 Å². The minimum atomic E-state index is -3.41. The quantitative estimate of drug-likeness (QED) is 0.874. The normalized spacial score (nSPS) is 11.9. The van der Waals surface area contributed by atoms with E-state index in [1.165, 1.54) is 22.3 Å². The molecular weight excluding hydrogens is 262 g/mol. The van der Waals surface area contributed by atoms with Crippen LogP contribution < -0.4 is 0 Å². The van der Waals surface area contributed by atoms with Crippen LogP contribution in [0.1, 0.15) is 12.0 Å². The van der Waals surface area contributed by atoms with Crippen molar-refractivity contribution in [2.75, 3.05) is 13.6 Å². The number of hydrogen-bond acceptors (Lipinski definition) is 3. The molecule has 0 radical (unpaired) electrons. The van der Waals surface area contributed by atoms with Gasteiger partial charge in [0.2, 0.25) is 10.0 Å². The molecule has 0 aliphatic carbocycles. The zero-order chi connectivity index (χ0) is 13.7. The highest BCUT2D eigenvalue weighted by Crippen LogP contribution is 2.12. The fraction of sp³-hybridized carbons (Fsp3) is 0.308. The van der Waals surface area contributed by atoms with Crippen LogP contribution in [0.15, 0.2) is 47.6 Å². The van der Waals surface area contributed by atoms with E-state index >= 15 is 0 Å². The van der Waals surface area contributed by atoms with E-state index in [1.807, 2.05) is 30.3 Å². The summed E-state index contributed by atoms with van der Waals surface area (Å²) in [6, 6.07) is 10.0. The predicted molar refractivity (Wildman–Crippen MR) is 73.2 cm³/mol. The number of benzene rings is 1. The van der Waals surface area contributed by atoms with Gasteiger partial charge in [0.25, 0.3) is 0 Å². The highest BCUT2D eigenvalue weighted by atomic mass is 32.2. The number of hydrogen-bond donors (Lipinski definition) is 1. The van der Waals surface area contributed by atoms with Gasteiger partial charge < -0.3 is 0 Å². The minimum Gasteiger partial charge on any atom is -0.284 e. The molecule has 1 N–H and O–H groups in total. The summed E-state index contributed by atoms with van der Waals surface area (Å²) >= 11 is 0. The molecule has 102 valence electrons. The van der Waals surface area contributed by atoms with Gasteiger partial charge in [0.15, 0.2) is 0 Å². The topological polar surface area (TPSA) is 66.1 Å². The Morgan fingerprint density at radius 2 is 2.00 bits per heavy atom. The Kier molecular flexibility index (Phi) is 4.34. The van der Waals surface area contributed by atoms with Crippen molar-refractivity contribution in [2.24, 2.45) is 0 Å². The lowest BCUT2D eigenvalue weighted by Gasteiger charge is -2.15. The van der Waals surface area contributed by atoms with E-state index in [9.17, 15) is 8.42 Å². The van der Waals surface area contributed by atoms with E-state index in [-0.39, 0.29) is 4.90 Å². The van der Waals surface area contributed by atoms with Crippen molar-refractivity contribution in [2.45, 2.75) is 17.7 Å². The number of sulfonamides is 1. The molecule has 0 bridgehead atoms. The van der Waals surface area contributed by atoms with Gasteiger partial charge in [0.1, 0.15) is 4.90 Å². The van der Waals surface area contributed by atoms with E-state index < -0.39 is 10.0 Å². The van der Waals surface area contributed by atoms with Gasteiger partial charge in [-0.05, 0) is 18.4 Å². The van der Waals surface area contributed by atoms with Crippen LogP contribution in [0.25, 0.3) is 0 Å². The molecule has 0 amide bonds. The van der Waals surface area contributed by atoms with Gasteiger partial charge in [-0.15, -0.1) is 0 Å². The maximum Gasteiger partial charge on any atom is 0.245 e. The lowest BCUT2D eigenvalue weighted by molar-refractivity contribution is 0.461. The Morgan fingerprint density at radius 3 is 2.63 bits per heavy atom. The molecule has 0 saturated heterocycles. The summed E-state index contributed by atoms with van der Waals surface area (Å²) in [6.45, 7) is 0.488. The number of nitrogens with one attached hydrogen (secondary N) is 1. The first-order chi connectivity index (χ1) is 9.10. The van der Waals surface area contributed by atoms with Gasteiger partial charge in [0, 0.05) is 19.8 Å². The van der Waals surface area contributed by atoms with Gasteiger partial charge in [0.05, 0.1) is 6.20 Å². The Bertz CT molecular complexity index is 594. The third-order valence-electron chi connectivity index (χ3n) is 2.96. The molecule has 0 unspecified atom stereocenters. The van der Waals surface area contributed by atoms with Crippen LogP contribution in [0, 0.1) is 0 Å². The van der Waals surface area contributed by atoms with Crippen molar-refractivity contribution in [3.8, 4) is 0 Å². The summed E-state index contributed by atoms with van der Waals surface area (Å²) in [5, 5.41) is 6.18. The van der Waals surface area contributed by atoms with E-state index in [1.54, 1.807) is 7.05 Å². The lowest BCUT2D eigenvalue weighted by atomic mass is 10.1. The molecule has 0 saturated carbocycles. The Morgan fingerprint density at radius 1 is 1.26 bits per heavy atom. The number of H-pyrrole nitrogens is 1. The molecule has 5 nitrogen and oxygen atoms in total. The van der Waals surface area contributed by atoms with Gasteiger partial charge in [-0.3, -0.25) is 5.10 Å². The molecule has 0 aliphatic rings. The number of aryl methyl sites for hydroxylation is 1. The molecule has 19 heavy (non-hydrogen) atoms. The highest BCUT2D eigenvalue weighted by Gasteiger charge is 2.20. The molecule has 2 aromatic rings. The fourth-order valence-corrected chi connectivity index (χ4v) is 2.95. The first kappa shape index (κ1) is 13.8. The van der Waals surface area contributed by atoms with E-state index in [2.05, 4.69) is 10.2 Å². The molecule has 0 fully saturated rings. The van der Waals surface area contributed by atoms with Crippen molar-refractivity contribution < 1.29 is 8.42 Å². The van der Waals surface area contributed by atoms with Crippen LogP contribution in [0.2, 0.25) is 0 Å². The molecule has 1 aromatic heterocycles. The monoisotopic (exact) mass is 279 g/mol. The second kappa shape index (κ2) is 5.99. The standard InChI is InChI=1S/C13H17N3O2S/c1-16(19(17,18)13-10-14-15-11-13)9-5-8-12-6-3-2-4-7-12/h2-4,6-7,10-11H,5,8-9H2,1H3,(H,14,15). The van der Waals surface area contributed by atoms with Crippen LogP contribution in [0.3, 0.4) is 0 Å². The third-order valence-corrected chi connectivity index (χ3v) is 4.78. The average Bonchev–Trinajstić information content (AvgIpc) is 2.94. The highest BCUT2D eigenvalue weighted by molar-refractivity contribution is 7.89. The minimum absolute atomic E-state index is 0.203. The van der Waals surface area contributed by atoms with Crippen molar-refractivity contribution in [3.63, 3.8) is 0 Å². The van der Waals surface area contributed by atoms with Crippen LogP contribution >= 0.6 is 0 Å². The summed E-state index contributed by atoms with van der Waals surface area (Å²) in [6.07, 6.45) is 4.37. The van der Waals surface area contributed by atoms with Crippen LogP contribution in [0.4, 0.5) is 0 Å². The van der Waals surface area contributed by atoms with Crippen molar-refractivity contribution in [1.29, 1.82) is 0 Å². The number of nitrogens with zero attached hydrogens (tertiary/aromatic N) is 2. The average molecular weight is 279 g/mol. The second-order valence-corrected chi connectivity index (χ2v) is 6.39. The van der Waals surface area contributed by atoms with Gasteiger partial charge in [-0.2, -0.15) is 5.10 Å². The summed E-state index contributed by atoms with van der Waals surface area (Å²) in [5.41, 5.74) is 1.22. The largest absolute Gasteiger partial charge is 0.284 e. The zero-order valence-corrected chi connectivity index (χ0v) is 11.6. The second-order valence-electron chi connectivity index (χ2n) is 4.35. The van der Waals surface area contributed by atoms with Crippen LogP contribution in [-0.4, -0.2) is 36.5 Å². The molecular formula is C13H17N3O2S. The molecule has 0 atom stereocenters. The van der Waals surface area contributed by atoms with Crippen molar-refractivity contribution in [3.05, 3.63) is 48.3 Å². The van der Waals surface area contributed by atoms with Crippen molar-refractivity contribution >= 4 is 10.0 Å². The Hall–Kier alpha value is -1.66. The van der Waals surface area contributed by atoms with Crippen LogP contribution in [-0.2, 0) is 16.4 Å². The van der Waals surface area contributed by atoms with E-state index in [4.69, 9.17) is 0 Å². The fourth-order valence-electron chi connectivity index (χ4n) is 1.83. The maximum absolute atomic E-state index is 12.1.